The zero-order chi connectivity index (χ0) is 16.2. The molecule has 0 aromatic heterocycles. The summed E-state index contributed by atoms with van der Waals surface area (Å²) in [6, 6.07) is 8.32. The van der Waals surface area contributed by atoms with Gasteiger partial charge in [-0.3, -0.25) is 4.79 Å². The smallest absolute Gasteiger partial charge is 0.255 e. The largest absolute Gasteiger partial charge is 0.334 e. The van der Waals surface area contributed by atoms with E-state index in [4.69, 9.17) is 0 Å². The summed E-state index contributed by atoms with van der Waals surface area (Å²) in [4.78, 5) is 16.4. The molecule has 0 spiro atoms. The standard InChI is InChI=1S/C18H28N2OS/c1-5-22-16-9-7-6-8-15(16)17(21)20(13-18(2,3)4)14-10-11-19-12-14/h6-9,14,19H,5,10-13H2,1-4H3. The van der Waals surface area contributed by atoms with Gasteiger partial charge in [-0.2, -0.15) is 0 Å². The van der Waals surface area contributed by atoms with Crippen molar-refractivity contribution in [3.63, 3.8) is 0 Å². The first-order valence-corrected chi connectivity index (χ1v) is 9.14. The molecule has 1 amide bonds. The van der Waals surface area contributed by atoms with Crippen molar-refractivity contribution in [2.75, 3.05) is 25.4 Å². The fraction of sp³-hybridized carbons (Fsp3) is 0.611. The van der Waals surface area contributed by atoms with E-state index in [0.29, 0.717) is 6.04 Å². The predicted octanol–water partition coefficient (Wildman–Crippen LogP) is 3.65. The molecule has 1 aliphatic rings. The van der Waals surface area contributed by atoms with Crippen molar-refractivity contribution in [1.29, 1.82) is 0 Å². The van der Waals surface area contributed by atoms with Crippen molar-refractivity contribution in [3.8, 4) is 0 Å². The number of hydrogen-bond donors (Lipinski definition) is 1. The average molecular weight is 321 g/mol. The molecule has 122 valence electrons. The van der Waals surface area contributed by atoms with Gasteiger partial charge in [-0.1, -0.05) is 39.8 Å². The zero-order valence-corrected chi connectivity index (χ0v) is 15.0. The Kier molecular flexibility index (Phi) is 5.93. The number of carbonyl (C=O) groups is 1. The van der Waals surface area contributed by atoms with Crippen molar-refractivity contribution < 1.29 is 4.79 Å². The summed E-state index contributed by atoms with van der Waals surface area (Å²) < 4.78 is 0. The van der Waals surface area contributed by atoms with Gasteiger partial charge in [0.2, 0.25) is 0 Å². The van der Waals surface area contributed by atoms with Gasteiger partial charge in [0.25, 0.3) is 5.91 Å². The van der Waals surface area contributed by atoms with Crippen LogP contribution in [0, 0.1) is 5.41 Å². The molecule has 0 radical (unpaired) electrons. The fourth-order valence-corrected chi connectivity index (χ4v) is 3.66. The molecule has 1 atom stereocenters. The number of nitrogens with zero attached hydrogens (tertiary/aromatic N) is 1. The summed E-state index contributed by atoms with van der Waals surface area (Å²) in [6.45, 7) is 11.4. The van der Waals surface area contributed by atoms with E-state index in [1.165, 1.54) is 0 Å². The monoisotopic (exact) mass is 320 g/mol. The summed E-state index contributed by atoms with van der Waals surface area (Å²) in [6.07, 6.45) is 1.05. The van der Waals surface area contributed by atoms with Crippen molar-refractivity contribution in [1.82, 2.24) is 10.2 Å². The molecule has 22 heavy (non-hydrogen) atoms. The molecule has 1 aromatic rings. The van der Waals surface area contributed by atoms with E-state index >= 15 is 0 Å². The van der Waals surface area contributed by atoms with Crippen molar-refractivity contribution in [2.24, 2.45) is 5.41 Å². The van der Waals surface area contributed by atoms with Crippen LogP contribution in [0.3, 0.4) is 0 Å². The Morgan fingerprint density at radius 1 is 1.36 bits per heavy atom. The van der Waals surface area contributed by atoms with E-state index in [0.717, 1.165) is 42.3 Å². The van der Waals surface area contributed by atoms with E-state index < -0.39 is 0 Å². The fourth-order valence-electron chi connectivity index (χ4n) is 2.86. The Morgan fingerprint density at radius 3 is 2.68 bits per heavy atom. The van der Waals surface area contributed by atoms with Crippen molar-refractivity contribution >= 4 is 17.7 Å². The van der Waals surface area contributed by atoms with Gasteiger partial charge >= 0.3 is 0 Å². The minimum atomic E-state index is 0.102. The third-order valence-electron chi connectivity index (χ3n) is 3.80. The molecule has 4 heteroatoms. The minimum Gasteiger partial charge on any atom is -0.334 e. The molecule has 1 aliphatic heterocycles. The van der Waals surface area contributed by atoms with Gasteiger partial charge in [-0.15, -0.1) is 11.8 Å². The van der Waals surface area contributed by atoms with Gasteiger partial charge in [0.1, 0.15) is 0 Å². The lowest BCUT2D eigenvalue weighted by atomic mass is 9.94. The highest BCUT2D eigenvalue weighted by Crippen LogP contribution is 2.27. The van der Waals surface area contributed by atoms with Crippen LogP contribution < -0.4 is 5.32 Å². The van der Waals surface area contributed by atoms with Gasteiger partial charge < -0.3 is 10.2 Å². The van der Waals surface area contributed by atoms with Crippen LogP contribution in [0.4, 0.5) is 0 Å². The Balaban J connectivity index is 2.28. The number of benzene rings is 1. The molecule has 0 saturated carbocycles. The Hall–Kier alpha value is -1.00. The highest BCUT2D eigenvalue weighted by Gasteiger charge is 2.31. The van der Waals surface area contributed by atoms with E-state index in [-0.39, 0.29) is 11.3 Å². The summed E-state index contributed by atoms with van der Waals surface area (Å²) in [5.41, 5.74) is 0.955. The molecule has 1 fully saturated rings. The first-order valence-electron chi connectivity index (χ1n) is 8.16. The maximum absolute atomic E-state index is 13.2. The Labute approximate surface area is 138 Å². The van der Waals surface area contributed by atoms with Gasteiger partial charge in [-0.05, 0) is 36.3 Å². The van der Waals surface area contributed by atoms with E-state index in [9.17, 15) is 4.79 Å². The van der Waals surface area contributed by atoms with Gasteiger partial charge in [0.05, 0.1) is 5.56 Å². The molecular formula is C18H28N2OS. The van der Waals surface area contributed by atoms with E-state index in [1.807, 2.05) is 18.2 Å². The maximum Gasteiger partial charge on any atom is 0.255 e. The third kappa shape index (κ3) is 4.50. The van der Waals surface area contributed by atoms with Gasteiger partial charge in [0, 0.05) is 24.0 Å². The quantitative estimate of drug-likeness (QED) is 0.841. The molecule has 1 N–H and O–H groups in total. The molecule has 0 bridgehead atoms. The molecule has 3 nitrogen and oxygen atoms in total. The average Bonchev–Trinajstić information content (AvgIpc) is 2.98. The molecule has 1 heterocycles. The second-order valence-corrected chi connectivity index (χ2v) is 8.38. The second kappa shape index (κ2) is 7.51. The Morgan fingerprint density at radius 2 is 2.09 bits per heavy atom. The normalized spacial score (nSPS) is 18.5. The molecule has 1 unspecified atom stereocenters. The van der Waals surface area contributed by atoms with Crippen LogP contribution in [0.1, 0.15) is 44.5 Å². The number of hydrogen-bond acceptors (Lipinski definition) is 3. The van der Waals surface area contributed by atoms with Gasteiger partial charge in [-0.25, -0.2) is 0 Å². The zero-order valence-electron chi connectivity index (χ0n) is 14.2. The molecule has 2 rings (SSSR count). The van der Waals surface area contributed by atoms with Crippen LogP contribution in [0.2, 0.25) is 0 Å². The maximum atomic E-state index is 13.2. The first kappa shape index (κ1) is 17.4. The minimum absolute atomic E-state index is 0.102. The lowest BCUT2D eigenvalue weighted by molar-refractivity contribution is 0.0611. The van der Waals surface area contributed by atoms with Crippen LogP contribution in [-0.2, 0) is 0 Å². The highest BCUT2D eigenvalue weighted by atomic mass is 32.2. The van der Waals surface area contributed by atoms with Crippen LogP contribution in [0.25, 0.3) is 0 Å². The topological polar surface area (TPSA) is 32.3 Å². The number of carbonyl (C=O) groups excluding carboxylic acids is 1. The summed E-state index contributed by atoms with van der Waals surface area (Å²) >= 11 is 1.75. The summed E-state index contributed by atoms with van der Waals surface area (Å²) in [5, 5.41) is 3.39. The lowest BCUT2D eigenvalue weighted by Gasteiger charge is -2.34. The van der Waals surface area contributed by atoms with Gasteiger partial charge in [0.15, 0.2) is 0 Å². The molecular weight excluding hydrogens is 292 g/mol. The van der Waals surface area contributed by atoms with Crippen LogP contribution in [-0.4, -0.2) is 42.2 Å². The number of rotatable bonds is 5. The lowest BCUT2D eigenvalue weighted by Crippen LogP contribution is -2.46. The predicted molar refractivity (Wildman–Crippen MR) is 94.6 cm³/mol. The van der Waals surface area contributed by atoms with Crippen LogP contribution >= 0.6 is 11.8 Å². The number of nitrogens with one attached hydrogen (secondary N) is 1. The third-order valence-corrected chi connectivity index (χ3v) is 4.75. The first-order chi connectivity index (χ1) is 10.4. The Bertz CT molecular complexity index is 504. The molecule has 1 saturated heterocycles. The van der Waals surface area contributed by atoms with Crippen molar-refractivity contribution in [2.45, 2.75) is 45.1 Å². The summed E-state index contributed by atoms with van der Waals surface area (Å²) in [7, 11) is 0. The summed E-state index contributed by atoms with van der Waals surface area (Å²) in [5.74, 6) is 1.16. The number of amides is 1. The van der Waals surface area contributed by atoms with Crippen LogP contribution in [0.15, 0.2) is 29.2 Å². The SMILES string of the molecule is CCSc1ccccc1C(=O)N(CC(C)(C)C)C1CCNC1. The van der Waals surface area contributed by atoms with E-state index in [2.05, 4.69) is 44.0 Å². The second-order valence-electron chi connectivity index (χ2n) is 7.07. The van der Waals surface area contributed by atoms with Crippen molar-refractivity contribution in [3.05, 3.63) is 29.8 Å². The number of thioether (sulfide) groups is 1. The highest BCUT2D eigenvalue weighted by molar-refractivity contribution is 7.99. The molecule has 1 aromatic carbocycles. The van der Waals surface area contributed by atoms with E-state index in [1.54, 1.807) is 11.8 Å². The molecule has 0 aliphatic carbocycles. The van der Waals surface area contributed by atoms with Crippen LogP contribution in [0.5, 0.6) is 0 Å².